The molecule has 1 aromatic rings. The molecule has 2 heteroatoms. The predicted octanol–water partition coefficient (Wildman–Crippen LogP) is 3.89. The topological polar surface area (TPSA) is 21.3 Å². The van der Waals surface area contributed by atoms with Gasteiger partial charge in [-0.15, -0.1) is 0 Å². The Kier molecular flexibility index (Phi) is 5.87. The van der Waals surface area contributed by atoms with Crippen molar-refractivity contribution in [2.24, 2.45) is 5.92 Å². The molecule has 0 spiro atoms. The van der Waals surface area contributed by atoms with Crippen molar-refractivity contribution in [2.45, 2.75) is 58.7 Å². The fraction of sp³-hybridized carbons (Fsp3) is 0.647. The van der Waals surface area contributed by atoms with E-state index >= 15 is 0 Å². The number of hydrogen-bond donors (Lipinski definition) is 1. The number of rotatable bonds is 7. The van der Waals surface area contributed by atoms with Crippen molar-refractivity contribution in [3.63, 3.8) is 0 Å². The van der Waals surface area contributed by atoms with Gasteiger partial charge in [0.25, 0.3) is 0 Å². The highest BCUT2D eigenvalue weighted by Crippen LogP contribution is 2.25. The minimum Gasteiger partial charge on any atom is -0.376 e. The first kappa shape index (κ1) is 14.5. The summed E-state index contributed by atoms with van der Waals surface area (Å²) in [5.74, 6) is 0.811. The zero-order valence-corrected chi connectivity index (χ0v) is 12.3. The Labute approximate surface area is 117 Å². The fourth-order valence-corrected chi connectivity index (χ4v) is 2.67. The third-order valence-electron chi connectivity index (χ3n) is 3.80. The summed E-state index contributed by atoms with van der Waals surface area (Å²) in [5.41, 5.74) is 2.64. The third kappa shape index (κ3) is 5.33. The van der Waals surface area contributed by atoms with E-state index in [0.717, 1.165) is 25.7 Å². The van der Waals surface area contributed by atoms with E-state index in [1.165, 1.54) is 36.8 Å². The maximum atomic E-state index is 5.86. The summed E-state index contributed by atoms with van der Waals surface area (Å²) in [6, 6.07) is 9.25. The van der Waals surface area contributed by atoms with Crippen molar-refractivity contribution in [1.82, 2.24) is 5.32 Å². The molecule has 1 aliphatic rings. The molecule has 2 nitrogen and oxygen atoms in total. The Hall–Kier alpha value is -0.860. The molecule has 0 saturated heterocycles. The van der Waals surface area contributed by atoms with Crippen molar-refractivity contribution < 1.29 is 4.74 Å². The van der Waals surface area contributed by atoms with Crippen LogP contribution >= 0.6 is 0 Å². The number of hydrogen-bond acceptors (Lipinski definition) is 2. The maximum Gasteiger partial charge on any atom is 0.0717 e. The minimum atomic E-state index is 0.530. The molecule has 1 N–H and O–H groups in total. The van der Waals surface area contributed by atoms with Crippen molar-refractivity contribution in [1.29, 1.82) is 0 Å². The highest BCUT2D eigenvalue weighted by atomic mass is 16.5. The first-order valence-electron chi connectivity index (χ1n) is 7.63. The van der Waals surface area contributed by atoms with E-state index in [0.29, 0.717) is 6.04 Å². The standard InChI is InChI=1S/C17H27NO/c1-14(2)18-11-16-8-5-9-17(10-16)13-19-12-15-6-3-4-7-15/h5,8-10,14-15,18H,3-4,6-7,11-13H2,1-2H3. The van der Waals surface area contributed by atoms with Gasteiger partial charge in [-0.2, -0.15) is 0 Å². The highest BCUT2D eigenvalue weighted by molar-refractivity contribution is 5.22. The monoisotopic (exact) mass is 261 g/mol. The normalized spacial score (nSPS) is 16.4. The lowest BCUT2D eigenvalue weighted by Gasteiger charge is -2.11. The number of benzene rings is 1. The molecule has 1 fully saturated rings. The van der Waals surface area contributed by atoms with Crippen LogP contribution in [0.4, 0.5) is 0 Å². The molecular formula is C17H27NO. The summed E-state index contributed by atoms with van der Waals surface area (Å²) in [6.07, 6.45) is 5.51. The predicted molar refractivity (Wildman–Crippen MR) is 80.0 cm³/mol. The SMILES string of the molecule is CC(C)NCc1cccc(COCC2CCCC2)c1. The third-order valence-corrected chi connectivity index (χ3v) is 3.80. The smallest absolute Gasteiger partial charge is 0.0717 e. The zero-order valence-electron chi connectivity index (χ0n) is 12.3. The van der Waals surface area contributed by atoms with Crippen LogP contribution in [0, 0.1) is 5.92 Å². The van der Waals surface area contributed by atoms with Crippen molar-refractivity contribution in [3.8, 4) is 0 Å². The molecule has 0 amide bonds. The van der Waals surface area contributed by atoms with Crippen LogP contribution in [0.5, 0.6) is 0 Å². The van der Waals surface area contributed by atoms with Gasteiger partial charge >= 0.3 is 0 Å². The molecule has 1 saturated carbocycles. The average Bonchev–Trinajstić information content (AvgIpc) is 2.90. The molecule has 0 radical (unpaired) electrons. The molecule has 1 aliphatic carbocycles. The van der Waals surface area contributed by atoms with Gasteiger partial charge in [-0.25, -0.2) is 0 Å². The van der Waals surface area contributed by atoms with Gasteiger partial charge in [0.05, 0.1) is 6.61 Å². The summed E-state index contributed by atoms with van der Waals surface area (Å²) in [7, 11) is 0. The van der Waals surface area contributed by atoms with Crippen LogP contribution in [0.1, 0.15) is 50.7 Å². The Morgan fingerprint density at radius 1 is 1.21 bits per heavy atom. The molecule has 0 heterocycles. The molecule has 0 aromatic heterocycles. The van der Waals surface area contributed by atoms with Gasteiger partial charge in [-0.1, -0.05) is 51.0 Å². The maximum absolute atomic E-state index is 5.86. The van der Waals surface area contributed by atoms with Gasteiger partial charge in [-0.3, -0.25) is 0 Å². The molecule has 1 aromatic carbocycles. The fourth-order valence-electron chi connectivity index (χ4n) is 2.67. The van der Waals surface area contributed by atoms with Crippen molar-refractivity contribution in [3.05, 3.63) is 35.4 Å². The summed E-state index contributed by atoms with van der Waals surface area (Å²) >= 11 is 0. The molecule has 0 atom stereocenters. The molecule has 19 heavy (non-hydrogen) atoms. The van der Waals surface area contributed by atoms with Crippen LogP contribution in [0.2, 0.25) is 0 Å². The average molecular weight is 261 g/mol. The van der Waals surface area contributed by atoms with Gasteiger partial charge in [-0.05, 0) is 29.9 Å². The van der Waals surface area contributed by atoms with Gasteiger partial charge in [0, 0.05) is 19.2 Å². The Bertz CT molecular complexity index is 369. The second kappa shape index (κ2) is 7.66. The number of ether oxygens (including phenoxy) is 1. The molecule has 2 rings (SSSR count). The second-order valence-corrected chi connectivity index (χ2v) is 6.02. The molecule has 0 unspecified atom stereocenters. The zero-order chi connectivity index (χ0) is 13.5. The Morgan fingerprint density at radius 3 is 2.68 bits per heavy atom. The van der Waals surface area contributed by atoms with Crippen LogP contribution in [0.3, 0.4) is 0 Å². The lowest BCUT2D eigenvalue weighted by molar-refractivity contribution is 0.0888. The lowest BCUT2D eigenvalue weighted by Crippen LogP contribution is -2.21. The van der Waals surface area contributed by atoms with Crippen molar-refractivity contribution in [2.75, 3.05) is 6.61 Å². The van der Waals surface area contributed by atoms with Gasteiger partial charge in [0.15, 0.2) is 0 Å². The van der Waals surface area contributed by atoms with Gasteiger partial charge in [0.1, 0.15) is 0 Å². The van der Waals surface area contributed by atoms with Crippen LogP contribution in [0.15, 0.2) is 24.3 Å². The van der Waals surface area contributed by atoms with Crippen molar-refractivity contribution >= 4 is 0 Å². The van der Waals surface area contributed by atoms with Crippen LogP contribution in [0.25, 0.3) is 0 Å². The first-order valence-corrected chi connectivity index (χ1v) is 7.63. The van der Waals surface area contributed by atoms with E-state index < -0.39 is 0 Å². The quantitative estimate of drug-likeness (QED) is 0.804. The van der Waals surface area contributed by atoms with E-state index in [1.54, 1.807) is 0 Å². The largest absolute Gasteiger partial charge is 0.376 e. The number of nitrogens with one attached hydrogen (secondary N) is 1. The van der Waals surface area contributed by atoms with Gasteiger partial charge in [0.2, 0.25) is 0 Å². The molecular weight excluding hydrogens is 234 g/mol. The first-order chi connectivity index (χ1) is 9.24. The summed E-state index contributed by atoms with van der Waals surface area (Å²) in [4.78, 5) is 0. The van der Waals surface area contributed by atoms with E-state index in [-0.39, 0.29) is 0 Å². The lowest BCUT2D eigenvalue weighted by atomic mass is 10.1. The van der Waals surface area contributed by atoms with Crippen LogP contribution in [-0.2, 0) is 17.9 Å². The van der Waals surface area contributed by atoms with E-state index in [1.807, 2.05) is 0 Å². The van der Waals surface area contributed by atoms with E-state index in [4.69, 9.17) is 4.74 Å². The van der Waals surface area contributed by atoms with E-state index in [2.05, 4.69) is 43.4 Å². The van der Waals surface area contributed by atoms with Crippen LogP contribution in [-0.4, -0.2) is 12.6 Å². The highest BCUT2D eigenvalue weighted by Gasteiger charge is 2.14. The Balaban J connectivity index is 1.74. The summed E-state index contributed by atoms with van der Waals surface area (Å²) in [6.45, 7) is 6.98. The molecule has 106 valence electrons. The van der Waals surface area contributed by atoms with E-state index in [9.17, 15) is 0 Å². The molecule has 0 bridgehead atoms. The molecule has 0 aliphatic heterocycles. The second-order valence-electron chi connectivity index (χ2n) is 6.02. The van der Waals surface area contributed by atoms with Gasteiger partial charge < -0.3 is 10.1 Å². The summed E-state index contributed by atoms with van der Waals surface area (Å²) < 4.78 is 5.86. The summed E-state index contributed by atoms with van der Waals surface area (Å²) in [5, 5.41) is 3.45. The van der Waals surface area contributed by atoms with Crippen LogP contribution < -0.4 is 5.32 Å². The minimum absolute atomic E-state index is 0.530. The Morgan fingerprint density at radius 2 is 1.95 bits per heavy atom.